The van der Waals surface area contributed by atoms with Gasteiger partial charge in [0.2, 0.25) is 0 Å². The highest BCUT2D eigenvalue weighted by Crippen LogP contribution is 2.33. The maximum atomic E-state index is 13.4. The lowest BCUT2D eigenvalue weighted by atomic mass is 10.1. The zero-order chi connectivity index (χ0) is 19.5. The fraction of sp³-hybridized carbons (Fsp3) is 0.0909. The van der Waals surface area contributed by atoms with Gasteiger partial charge in [-0.2, -0.15) is 0 Å². The van der Waals surface area contributed by atoms with Gasteiger partial charge in [0.1, 0.15) is 0 Å². The molecule has 1 aromatic heterocycles. The van der Waals surface area contributed by atoms with Crippen molar-refractivity contribution in [3.63, 3.8) is 0 Å². The Bertz CT molecular complexity index is 1130. The van der Waals surface area contributed by atoms with Gasteiger partial charge in [0.25, 0.3) is 5.91 Å². The Morgan fingerprint density at radius 2 is 1.89 bits per heavy atom. The normalized spacial score (nSPS) is 10.9. The van der Waals surface area contributed by atoms with Crippen LogP contribution in [0.4, 0.5) is 5.13 Å². The van der Waals surface area contributed by atoms with Crippen molar-refractivity contribution < 1.29 is 4.79 Å². The molecule has 4 rings (SSSR count). The monoisotopic (exact) mass is 468 g/mol. The van der Waals surface area contributed by atoms with E-state index < -0.39 is 0 Å². The molecule has 3 nitrogen and oxygen atoms in total. The molecule has 6 heteroatoms. The van der Waals surface area contributed by atoms with Crippen molar-refractivity contribution in [2.45, 2.75) is 11.4 Å². The molecular weight excluding hydrogens is 452 g/mol. The van der Waals surface area contributed by atoms with E-state index in [4.69, 9.17) is 4.98 Å². The molecule has 4 aromatic rings. The summed E-state index contributed by atoms with van der Waals surface area (Å²) in [5.41, 5.74) is 2.61. The van der Waals surface area contributed by atoms with Crippen LogP contribution in [0.25, 0.3) is 10.2 Å². The van der Waals surface area contributed by atoms with E-state index in [2.05, 4.69) is 34.3 Å². The number of carbonyl (C=O) groups excluding carboxylic acids is 1. The fourth-order valence-electron chi connectivity index (χ4n) is 2.90. The van der Waals surface area contributed by atoms with E-state index in [-0.39, 0.29) is 5.91 Å². The van der Waals surface area contributed by atoms with Gasteiger partial charge in [-0.15, -0.1) is 11.8 Å². The summed E-state index contributed by atoms with van der Waals surface area (Å²) in [6.45, 7) is 0.474. The quantitative estimate of drug-likeness (QED) is 0.308. The second kappa shape index (κ2) is 8.47. The second-order valence-electron chi connectivity index (χ2n) is 6.22. The largest absolute Gasteiger partial charge is 0.279 e. The van der Waals surface area contributed by atoms with Crippen molar-refractivity contribution in [2.24, 2.45) is 0 Å². The number of hydrogen-bond acceptors (Lipinski definition) is 4. The predicted octanol–water partition coefficient (Wildman–Crippen LogP) is 6.63. The van der Waals surface area contributed by atoms with Gasteiger partial charge in [-0.3, -0.25) is 9.69 Å². The maximum Gasteiger partial charge on any atom is 0.260 e. The minimum atomic E-state index is -0.0608. The van der Waals surface area contributed by atoms with Crippen LogP contribution in [-0.4, -0.2) is 17.1 Å². The minimum absolute atomic E-state index is 0.0608. The lowest BCUT2D eigenvalue weighted by molar-refractivity contribution is 0.0985. The molecule has 3 aromatic carbocycles. The van der Waals surface area contributed by atoms with Crippen molar-refractivity contribution in [2.75, 3.05) is 11.2 Å². The number of halogens is 1. The first-order valence-electron chi connectivity index (χ1n) is 8.70. The molecule has 0 bridgehead atoms. The number of benzene rings is 3. The first-order chi connectivity index (χ1) is 13.6. The van der Waals surface area contributed by atoms with Crippen LogP contribution >= 0.6 is 39.0 Å². The Balaban J connectivity index is 1.77. The number of aromatic nitrogens is 1. The zero-order valence-electron chi connectivity index (χ0n) is 15.1. The molecule has 0 atom stereocenters. The lowest BCUT2D eigenvalue weighted by Crippen LogP contribution is -2.30. The van der Waals surface area contributed by atoms with Crippen molar-refractivity contribution in [3.05, 3.63) is 88.4 Å². The molecule has 0 unspecified atom stereocenters. The average molecular weight is 469 g/mol. The van der Waals surface area contributed by atoms with E-state index in [0.717, 1.165) is 20.3 Å². The summed E-state index contributed by atoms with van der Waals surface area (Å²) >= 11 is 6.71. The Morgan fingerprint density at radius 1 is 1.07 bits per heavy atom. The van der Waals surface area contributed by atoms with Crippen LogP contribution in [0.5, 0.6) is 0 Å². The standard InChI is InChI=1S/C22H17BrN2OS2/c1-27-18-10-11-19-20(13-18)28-22(24-19)25(14-15-6-3-2-4-7-15)21(26)16-8-5-9-17(23)12-16/h2-13H,14H2,1H3. The summed E-state index contributed by atoms with van der Waals surface area (Å²) in [6.07, 6.45) is 2.06. The number of anilines is 1. The molecule has 1 heterocycles. The first kappa shape index (κ1) is 19.2. The topological polar surface area (TPSA) is 33.2 Å². The molecule has 140 valence electrons. The van der Waals surface area contributed by atoms with Gasteiger partial charge in [-0.05, 0) is 48.2 Å². The van der Waals surface area contributed by atoms with E-state index in [9.17, 15) is 4.79 Å². The van der Waals surface area contributed by atoms with Crippen molar-refractivity contribution in [3.8, 4) is 0 Å². The van der Waals surface area contributed by atoms with Crippen molar-refractivity contribution in [1.29, 1.82) is 0 Å². The number of amides is 1. The first-order valence-corrected chi connectivity index (χ1v) is 11.5. The number of thioether (sulfide) groups is 1. The Hall–Kier alpha value is -2.15. The third-order valence-electron chi connectivity index (χ3n) is 4.32. The van der Waals surface area contributed by atoms with Gasteiger partial charge < -0.3 is 0 Å². The summed E-state index contributed by atoms with van der Waals surface area (Å²) in [4.78, 5) is 21.1. The highest BCUT2D eigenvalue weighted by atomic mass is 79.9. The molecule has 0 saturated heterocycles. The third-order valence-corrected chi connectivity index (χ3v) is 6.58. The van der Waals surface area contributed by atoms with Crippen molar-refractivity contribution in [1.82, 2.24) is 4.98 Å². The fourth-order valence-corrected chi connectivity index (χ4v) is 4.82. The molecule has 0 N–H and O–H groups in total. The van der Waals surface area contributed by atoms with Crippen LogP contribution in [0.1, 0.15) is 15.9 Å². The van der Waals surface area contributed by atoms with Crippen LogP contribution in [0.2, 0.25) is 0 Å². The van der Waals surface area contributed by atoms with Gasteiger partial charge in [0.15, 0.2) is 5.13 Å². The van der Waals surface area contributed by atoms with Crippen molar-refractivity contribution >= 4 is 60.3 Å². The number of thiazole rings is 1. The Labute approximate surface area is 180 Å². The highest BCUT2D eigenvalue weighted by molar-refractivity contribution is 9.10. The number of hydrogen-bond donors (Lipinski definition) is 0. The minimum Gasteiger partial charge on any atom is -0.279 e. The summed E-state index contributed by atoms with van der Waals surface area (Å²) in [5.74, 6) is -0.0608. The van der Waals surface area contributed by atoms with Gasteiger partial charge in [-0.25, -0.2) is 4.98 Å². The van der Waals surface area contributed by atoms with Gasteiger partial charge in [0, 0.05) is 14.9 Å². The molecule has 0 aliphatic rings. The van der Waals surface area contributed by atoms with E-state index in [0.29, 0.717) is 17.2 Å². The van der Waals surface area contributed by atoms with Crippen LogP contribution in [-0.2, 0) is 6.54 Å². The number of carbonyl (C=O) groups is 1. The zero-order valence-corrected chi connectivity index (χ0v) is 18.4. The maximum absolute atomic E-state index is 13.4. The van der Waals surface area contributed by atoms with Crippen LogP contribution < -0.4 is 4.90 Å². The molecule has 0 aliphatic heterocycles. The van der Waals surface area contributed by atoms with E-state index >= 15 is 0 Å². The smallest absolute Gasteiger partial charge is 0.260 e. The van der Waals surface area contributed by atoms with E-state index in [1.165, 1.54) is 4.90 Å². The predicted molar refractivity (Wildman–Crippen MR) is 122 cm³/mol. The Kier molecular flexibility index (Phi) is 5.80. The SMILES string of the molecule is CSc1ccc2nc(N(Cc3ccccc3)C(=O)c3cccc(Br)c3)sc2c1. The van der Waals surface area contributed by atoms with Gasteiger partial charge in [0.05, 0.1) is 16.8 Å². The Morgan fingerprint density at radius 3 is 2.64 bits per heavy atom. The molecular formula is C22H17BrN2OS2. The summed E-state index contributed by atoms with van der Waals surface area (Å²) in [6, 6.07) is 23.7. The van der Waals surface area contributed by atoms with E-state index in [1.807, 2.05) is 60.7 Å². The van der Waals surface area contributed by atoms with Crippen LogP contribution in [0.15, 0.2) is 82.2 Å². The summed E-state index contributed by atoms with van der Waals surface area (Å²) in [7, 11) is 0. The number of rotatable bonds is 5. The highest BCUT2D eigenvalue weighted by Gasteiger charge is 2.22. The summed E-state index contributed by atoms with van der Waals surface area (Å²) in [5, 5.41) is 0.710. The average Bonchev–Trinajstić information content (AvgIpc) is 3.15. The molecule has 0 aliphatic carbocycles. The molecule has 0 spiro atoms. The van der Waals surface area contributed by atoms with Crippen LogP contribution in [0.3, 0.4) is 0 Å². The van der Waals surface area contributed by atoms with Crippen LogP contribution in [0, 0.1) is 0 Å². The van der Waals surface area contributed by atoms with Gasteiger partial charge >= 0.3 is 0 Å². The number of nitrogens with zero attached hydrogens (tertiary/aromatic N) is 2. The van der Waals surface area contributed by atoms with Gasteiger partial charge in [-0.1, -0.05) is 63.7 Å². The molecule has 0 saturated carbocycles. The summed E-state index contributed by atoms with van der Waals surface area (Å²) < 4.78 is 1.97. The third kappa shape index (κ3) is 4.14. The van der Waals surface area contributed by atoms with E-state index in [1.54, 1.807) is 28.0 Å². The second-order valence-corrected chi connectivity index (χ2v) is 9.02. The molecule has 0 radical (unpaired) electrons. The molecule has 0 fully saturated rings. The number of fused-ring (bicyclic) bond motifs is 1. The molecule has 1 amide bonds. The lowest BCUT2D eigenvalue weighted by Gasteiger charge is -2.20. The molecule has 28 heavy (non-hydrogen) atoms.